The number of morpholine rings is 1. The molecule has 0 radical (unpaired) electrons. The molecule has 2 aromatic carbocycles. The molecule has 1 heterocycles. The van der Waals surface area contributed by atoms with Crippen molar-refractivity contribution in [2.45, 2.75) is 31.0 Å². The molecule has 3 rings (SSSR count). The monoisotopic (exact) mass is 399 g/mol. The van der Waals surface area contributed by atoms with E-state index in [9.17, 15) is 13.2 Å². The summed E-state index contributed by atoms with van der Waals surface area (Å²) in [6.07, 6.45) is -0.394. The van der Waals surface area contributed by atoms with Crippen LogP contribution >= 0.6 is 0 Å². The average Bonchev–Trinajstić information content (AvgIpc) is 2.67. The topological polar surface area (TPSA) is 99.5 Å². The van der Waals surface area contributed by atoms with Crippen molar-refractivity contribution in [1.29, 1.82) is 5.26 Å². The van der Waals surface area contributed by atoms with Crippen molar-refractivity contribution in [3.8, 4) is 6.07 Å². The van der Waals surface area contributed by atoms with Crippen LogP contribution in [0.4, 0.5) is 5.69 Å². The van der Waals surface area contributed by atoms with Gasteiger partial charge >= 0.3 is 0 Å². The zero-order valence-corrected chi connectivity index (χ0v) is 16.4. The number of carbonyl (C=O) groups is 1. The van der Waals surface area contributed by atoms with E-state index in [1.165, 1.54) is 16.4 Å². The van der Waals surface area contributed by atoms with E-state index in [2.05, 4.69) is 5.32 Å². The van der Waals surface area contributed by atoms with Gasteiger partial charge in [-0.05, 0) is 50.2 Å². The van der Waals surface area contributed by atoms with Gasteiger partial charge in [-0.15, -0.1) is 0 Å². The molecular weight excluding hydrogens is 378 g/mol. The van der Waals surface area contributed by atoms with Gasteiger partial charge in [0.05, 0.1) is 28.7 Å². The summed E-state index contributed by atoms with van der Waals surface area (Å²) in [6, 6.07) is 14.4. The molecule has 0 aliphatic carbocycles. The molecule has 0 spiro atoms. The lowest BCUT2D eigenvalue weighted by molar-refractivity contribution is -0.0440. The molecule has 146 valence electrons. The molecule has 7 nitrogen and oxygen atoms in total. The quantitative estimate of drug-likeness (QED) is 0.852. The third kappa shape index (κ3) is 4.39. The number of rotatable bonds is 4. The highest BCUT2D eigenvalue weighted by atomic mass is 32.2. The van der Waals surface area contributed by atoms with E-state index < -0.39 is 15.9 Å². The van der Waals surface area contributed by atoms with Crippen LogP contribution in [0.3, 0.4) is 0 Å². The highest BCUT2D eigenvalue weighted by Gasteiger charge is 2.32. The van der Waals surface area contributed by atoms with Gasteiger partial charge in [-0.2, -0.15) is 9.57 Å². The Morgan fingerprint density at radius 1 is 1.14 bits per heavy atom. The zero-order valence-electron chi connectivity index (χ0n) is 15.6. The first-order valence-electron chi connectivity index (χ1n) is 8.87. The predicted octanol–water partition coefficient (Wildman–Crippen LogP) is 2.61. The van der Waals surface area contributed by atoms with Crippen molar-refractivity contribution >= 4 is 21.6 Å². The Morgan fingerprint density at radius 2 is 1.82 bits per heavy atom. The molecular formula is C20H21N3O4S. The minimum atomic E-state index is -3.74. The van der Waals surface area contributed by atoms with Crippen molar-refractivity contribution in [2.24, 2.45) is 0 Å². The smallest absolute Gasteiger partial charge is 0.255 e. The predicted molar refractivity (Wildman–Crippen MR) is 104 cm³/mol. The number of ether oxygens (including phenoxy) is 1. The van der Waals surface area contributed by atoms with Crippen molar-refractivity contribution < 1.29 is 17.9 Å². The van der Waals surface area contributed by atoms with Gasteiger partial charge in [0.15, 0.2) is 0 Å². The molecule has 1 amide bonds. The summed E-state index contributed by atoms with van der Waals surface area (Å²) in [5.41, 5.74) is 1.11. The van der Waals surface area contributed by atoms with E-state index in [-0.39, 0.29) is 35.8 Å². The minimum Gasteiger partial charge on any atom is -0.373 e. The van der Waals surface area contributed by atoms with Crippen LogP contribution in [-0.2, 0) is 14.8 Å². The highest BCUT2D eigenvalue weighted by molar-refractivity contribution is 7.89. The molecule has 2 atom stereocenters. The first-order chi connectivity index (χ1) is 13.3. The number of carbonyl (C=O) groups excluding carboxylic acids is 1. The summed E-state index contributed by atoms with van der Waals surface area (Å²) in [6.45, 7) is 4.20. The second kappa shape index (κ2) is 8.10. The molecule has 2 unspecified atom stereocenters. The van der Waals surface area contributed by atoms with Crippen LogP contribution in [0.15, 0.2) is 53.4 Å². The van der Waals surface area contributed by atoms with E-state index in [1.54, 1.807) is 36.4 Å². The Kier molecular flexibility index (Phi) is 5.79. The molecule has 0 aromatic heterocycles. The maximum atomic E-state index is 13.0. The summed E-state index contributed by atoms with van der Waals surface area (Å²) in [4.78, 5) is 12.6. The summed E-state index contributed by atoms with van der Waals surface area (Å²) in [7, 11) is -3.74. The Hall–Kier alpha value is -2.73. The molecule has 1 aliphatic heterocycles. The normalized spacial score (nSPS) is 20.3. The van der Waals surface area contributed by atoms with E-state index in [0.29, 0.717) is 11.3 Å². The summed E-state index contributed by atoms with van der Waals surface area (Å²) in [5, 5.41) is 11.6. The Balaban J connectivity index is 1.83. The van der Waals surface area contributed by atoms with Gasteiger partial charge in [0, 0.05) is 24.3 Å². The lowest BCUT2D eigenvalue weighted by atomic mass is 10.2. The first kappa shape index (κ1) is 20.0. The van der Waals surface area contributed by atoms with E-state index >= 15 is 0 Å². The first-order valence-corrected chi connectivity index (χ1v) is 10.3. The summed E-state index contributed by atoms with van der Waals surface area (Å²) < 4.78 is 33.0. The van der Waals surface area contributed by atoms with Crippen molar-refractivity contribution in [2.75, 3.05) is 18.4 Å². The van der Waals surface area contributed by atoms with Gasteiger partial charge in [0.1, 0.15) is 0 Å². The van der Waals surface area contributed by atoms with Gasteiger partial charge in [-0.1, -0.05) is 12.1 Å². The SMILES string of the molecule is CC1CN(S(=O)(=O)c2cccc(C(=O)Nc3cccc(C#N)c3)c2)CC(C)O1. The van der Waals surface area contributed by atoms with Gasteiger partial charge in [0.25, 0.3) is 5.91 Å². The van der Waals surface area contributed by atoms with E-state index in [4.69, 9.17) is 10.00 Å². The lowest BCUT2D eigenvalue weighted by Gasteiger charge is -2.34. The van der Waals surface area contributed by atoms with Crippen LogP contribution < -0.4 is 5.32 Å². The molecule has 1 saturated heterocycles. The van der Waals surface area contributed by atoms with Crippen LogP contribution in [-0.4, -0.2) is 43.9 Å². The zero-order chi connectivity index (χ0) is 20.3. The molecule has 0 saturated carbocycles. The van der Waals surface area contributed by atoms with Gasteiger partial charge in [-0.25, -0.2) is 8.42 Å². The second-order valence-corrected chi connectivity index (χ2v) is 8.69. The largest absolute Gasteiger partial charge is 0.373 e. The minimum absolute atomic E-state index is 0.0622. The number of hydrogen-bond donors (Lipinski definition) is 1. The fourth-order valence-corrected chi connectivity index (χ4v) is 4.78. The maximum absolute atomic E-state index is 13.0. The average molecular weight is 399 g/mol. The van der Waals surface area contributed by atoms with Crippen LogP contribution in [0.2, 0.25) is 0 Å². The van der Waals surface area contributed by atoms with Crippen LogP contribution in [0, 0.1) is 11.3 Å². The van der Waals surface area contributed by atoms with Gasteiger partial charge in [0.2, 0.25) is 10.0 Å². The fourth-order valence-electron chi connectivity index (χ4n) is 3.14. The lowest BCUT2D eigenvalue weighted by Crippen LogP contribution is -2.48. The number of nitrogens with one attached hydrogen (secondary N) is 1. The van der Waals surface area contributed by atoms with Gasteiger partial charge in [-0.3, -0.25) is 4.79 Å². The number of sulfonamides is 1. The van der Waals surface area contributed by atoms with Crippen molar-refractivity contribution in [3.05, 3.63) is 59.7 Å². The van der Waals surface area contributed by atoms with Crippen LogP contribution in [0.5, 0.6) is 0 Å². The third-order valence-electron chi connectivity index (χ3n) is 4.37. The van der Waals surface area contributed by atoms with E-state index in [0.717, 1.165) is 0 Å². The number of nitriles is 1. The number of nitrogens with zero attached hydrogens (tertiary/aromatic N) is 2. The van der Waals surface area contributed by atoms with Crippen molar-refractivity contribution in [1.82, 2.24) is 4.31 Å². The molecule has 0 bridgehead atoms. The number of hydrogen-bond acceptors (Lipinski definition) is 5. The highest BCUT2D eigenvalue weighted by Crippen LogP contribution is 2.22. The van der Waals surface area contributed by atoms with E-state index in [1.807, 2.05) is 19.9 Å². The Morgan fingerprint density at radius 3 is 2.50 bits per heavy atom. The summed E-state index contributed by atoms with van der Waals surface area (Å²) in [5.74, 6) is -0.448. The number of amides is 1. The molecule has 1 N–H and O–H groups in total. The Bertz CT molecular complexity index is 1020. The Labute approximate surface area is 164 Å². The standard InChI is InChI=1S/C20H21N3O4S/c1-14-12-23(13-15(2)27-14)28(25,26)19-8-4-6-17(10-19)20(24)22-18-7-3-5-16(9-18)11-21/h3-10,14-15H,12-13H2,1-2H3,(H,22,24). The number of anilines is 1. The summed E-state index contributed by atoms with van der Waals surface area (Å²) >= 11 is 0. The fraction of sp³-hybridized carbons (Fsp3) is 0.300. The van der Waals surface area contributed by atoms with Gasteiger partial charge < -0.3 is 10.1 Å². The molecule has 1 fully saturated rings. The molecule has 2 aromatic rings. The molecule has 1 aliphatic rings. The number of benzene rings is 2. The van der Waals surface area contributed by atoms with Crippen molar-refractivity contribution in [3.63, 3.8) is 0 Å². The van der Waals surface area contributed by atoms with Crippen LogP contribution in [0.1, 0.15) is 29.8 Å². The molecule has 8 heteroatoms. The maximum Gasteiger partial charge on any atom is 0.255 e. The van der Waals surface area contributed by atoms with Crippen LogP contribution in [0.25, 0.3) is 0 Å². The second-order valence-electron chi connectivity index (χ2n) is 6.75. The third-order valence-corrected chi connectivity index (χ3v) is 6.20. The molecule has 28 heavy (non-hydrogen) atoms.